The molecule has 136 valence electrons. The molecule has 0 atom stereocenters. The van der Waals surface area contributed by atoms with Crippen LogP contribution in [0.3, 0.4) is 0 Å². The van der Waals surface area contributed by atoms with E-state index in [9.17, 15) is 19.2 Å². The van der Waals surface area contributed by atoms with Crippen molar-refractivity contribution in [1.29, 1.82) is 0 Å². The third-order valence-electron chi connectivity index (χ3n) is 3.88. The molecule has 1 aliphatic heterocycles. The molecule has 1 aromatic carbocycles. The quantitative estimate of drug-likeness (QED) is 0.473. The number of benzene rings is 1. The number of thioether (sulfide) groups is 1. The van der Waals surface area contributed by atoms with Crippen molar-refractivity contribution in [1.82, 2.24) is 5.32 Å². The average molecular weight is 375 g/mol. The van der Waals surface area contributed by atoms with E-state index in [0.29, 0.717) is 10.7 Å². The topological polar surface area (TPSA) is 110 Å². The van der Waals surface area contributed by atoms with E-state index in [0.717, 1.165) is 43.0 Å². The van der Waals surface area contributed by atoms with Gasteiger partial charge >= 0.3 is 11.9 Å². The number of nitrogens with one attached hydrogen (secondary N) is 1. The number of rotatable bonds is 4. The standard InChI is InChI=1S/C14H11NO4S.C4H6O2/c16-12-11(20-14(18)15-12)7-8-1-5-10(6-2-8)19-13(17)9-3-4-9;5-4(6)3-1-2-3/h1-2,5-7,9H,3-4H2,(H,15,16,18);3H,1-2H2,(H,5,6)/b11-7-;. The van der Waals surface area contributed by atoms with Gasteiger partial charge in [0.05, 0.1) is 16.7 Å². The molecule has 2 amide bonds. The predicted molar refractivity (Wildman–Crippen MR) is 94.3 cm³/mol. The summed E-state index contributed by atoms with van der Waals surface area (Å²) in [6.45, 7) is 0. The lowest BCUT2D eigenvalue weighted by Gasteiger charge is -2.03. The Kier molecular flexibility index (Phi) is 5.41. The third kappa shape index (κ3) is 5.19. The van der Waals surface area contributed by atoms with Gasteiger partial charge in [0.1, 0.15) is 5.75 Å². The zero-order chi connectivity index (χ0) is 18.7. The summed E-state index contributed by atoms with van der Waals surface area (Å²) in [5, 5.41) is 9.88. The fraction of sp³-hybridized carbons (Fsp3) is 0.333. The van der Waals surface area contributed by atoms with Gasteiger partial charge in [0, 0.05) is 0 Å². The number of esters is 1. The molecule has 2 N–H and O–H groups in total. The lowest BCUT2D eigenvalue weighted by atomic mass is 10.2. The van der Waals surface area contributed by atoms with E-state index in [-0.39, 0.29) is 29.0 Å². The molecule has 0 spiro atoms. The lowest BCUT2D eigenvalue weighted by Crippen LogP contribution is -2.17. The van der Waals surface area contributed by atoms with E-state index in [2.05, 4.69) is 5.32 Å². The Morgan fingerprint density at radius 2 is 1.69 bits per heavy atom. The molecule has 8 heteroatoms. The summed E-state index contributed by atoms with van der Waals surface area (Å²) in [6.07, 6.45) is 5.23. The van der Waals surface area contributed by atoms with Gasteiger partial charge in [-0.2, -0.15) is 0 Å². The maximum atomic E-state index is 11.5. The first kappa shape index (κ1) is 18.2. The number of imide groups is 1. The fourth-order valence-electron chi connectivity index (χ4n) is 2.05. The van der Waals surface area contributed by atoms with Crippen molar-refractivity contribution in [3.8, 4) is 5.75 Å². The van der Waals surface area contributed by atoms with E-state index in [4.69, 9.17) is 9.84 Å². The second-order valence-electron chi connectivity index (χ2n) is 6.23. The number of carboxylic acid groups (broad SMARTS) is 1. The smallest absolute Gasteiger partial charge is 0.314 e. The lowest BCUT2D eigenvalue weighted by molar-refractivity contribution is -0.138. The zero-order valence-electron chi connectivity index (χ0n) is 13.8. The highest BCUT2D eigenvalue weighted by Crippen LogP contribution is 2.31. The van der Waals surface area contributed by atoms with Crippen LogP contribution in [0.1, 0.15) is 31.2 Å². The minimum atomic E-state index is -0.630. The van der Waals surface area contributed by atoms with Crippen LogP contribution in [0.4, 0.5) is 4.79 Å². The van der Waals surface area contributed by atoms with Crippen LogP contribution in [0.5, 0.6) is 5.75 Å². The monoisotopic (exact) mass is 375 g/mol. The van der Waals surface area contributed by atoms with Crippen molar-refractivity contribution in [3.63, 3.8) is 0 Å². The van der Waals surface area contributed by atoms with Gasteiger partial charge in [-0.15, -0.1) is 0 Å². The summed E-state index contributed by atoms with van der Waals surface area (Å²) in [6, 6.07) is 6.82. The van der Waals surface area contributed by atoms with Crippen LogP contribution < -0.4 is 10.1 Å². The second kappa shape index (κ2) is 7.74. The van der Waals surface area contributed by atoms with Crippen molar-refractivity contribution >= 4 is 40.9 Å². The molecule has 0 bridgehead atoms. The van der Waals surface area contributed by atoms with Gasteiger partial charge in [-0.05, 0) is 61.2 Å². The largest absolute Gasteiger partial charge is 0.481 e. The van der Waals surface area contributed by atoms with Crippen LogP contribution in [0.25, 0.3) is 6.08 Å². The molecule has 0 radical (unpaired) electrons. The first-order chi connectivity index (χ1) is 12.4. The van der Waals surface area contributed by atoms with Gasteiger partial charge in [0.15, 0.2) is 0 Å². The number of hydrogen-bond acceptors (Lipinski definition) is 6. The Bertz CT molecular complexity index is 777. The Balaban J connectivity index is 0.000000278. The third-order valence-corrected chi connectivity index (χ3v) is 4.69. The van der Waals surface area contributed by atoms with E-state index >= 15 is 0 Å². The van der Waals surface area contributed by atoms with E-state index < -0.39 is 5.97 Å². The minimum absolute atomic E-state index is 0.0185. The highest BCUT2D eigenvalue weighted by Gasteiger charge is 2.31. The van der Waals surface area contributed by atoms with Crippen molar-refractivity contribution in [2.24, 2.45) is 11.8 Å². The Morgan fingerprint density at radius 1 is 1.08 bits per heavy atom. The molecule has 2 aliphatic carbocycles. The first-order valence-electron chi connectivity index (χ1n) is 8.22. The number of carboxylic acids is 1. The Labute approximate surface area is 153 Å². The van der Waals surface area contributed by atoms with Gasteiger partial charge in [0.25, 0.3) is 11.1 Å². The molecule has 7 nitrogen and oxygen atoms in total. The molecule has 3 aliphatic rings. The first-order valence-corrected chi connectivity index (χ1v) is 9.03. The number of aliphatic carboxylic acids is 1. The van der Waals surface area contributed by atoms with E-state index in [1.807, 2.05) is 0 Å². The predicted octanol–water partition coefficient (Wildman–Crippen LogP) is 2.81. The molecule has 26 heavy (non-hydrogen) atoms. The summed E-state index contributed by atoms with van der Waals surface area (Å²) >= 11 is 0.872. The number of amides is 2. The van der Waals surface area contributed by atoms with Gasteiger partial charge in [0.2, 0.25) is 0 Å². The minimum Gasteiger partial charge on any atom is -0.481 e. The van der Waals surface area contributed by atoms with Crippen molar-refractivity contribution < 1.29 is 29.0 Å². The number of ether oxygens (including phenoxy) is 1. The molecule has 1 aromatic rings. The van der Waals surface area contributed by atoms with Gasteiger partial charge < -0.3 is 9.84 Å². The van der Waals surface area contributed by atoms with Crippen LogP contribution in [0.2, 0.25) is 0 Å². The van der Waals surface area contributed by atoms with Gasteiger partial charge in [-0.1, -0.05) is 12.1 Å². The SMILES string of the molecule is O=C(O)C1CC1.O=C1NC(=O)/C(=C/c2ccc(OC(=O)C3CC3)cc2)S1. The van der Waals surface area contributed by atoms with Gasteiger partial charge in [-0.3, -0.25) is 24.5 Å². The van der Waals surface area contributed by atoms with E-state index in [1.54, 1.807) is 30.3 Å². The fourth-order valence-corrected chi connectivity index (χ4v) is 2.74. The number of hydrogen-bond donors (Lipinski definition) is 2. The second-order valence-corrected chi connectivity index (χ2v) is 7.24. The zero-order valence-corrected chi connectivity index (χ0v) is 14.6. The number of carbonyl (C=O) groups excluding carboxylic acids is 3. The Hall–Kier alpha value is -2.61. The normalized spacial score (nSPS) is 20.2. The molecule has 0 unspecified atom stereocenters. The van der Waals surface area contributed by atoms with Crippen molar-refractivity contribution in [3.05, 3.63) is 34.7 Å². The highest BCUT2D eigenvalue weighted by molar-refractivity contribution is 8.18. The van der Waals surface area contributed by atoms with Crippen LogP contribution in [-0.2, 0) is 14.4 Å². The van der Waals surface area contributed by atoms with E-state index in [1.165, 1.54) is 0 Å². The summed E-state index contributed by atoms with van der Waals surface area (Å²) in [5.74, 6) is -0.637. The molecule has 2 saturated carbocycles. The molecular formula is C18H17NO6S. The summed E-state index contributed by atoms with van der Waals surface area (Å²) < 4.78 is 5.20. The van der Waals surface area contributed by atoms with Crippen LogP contribution >= 0.6 is 11.8 Å². The van der Waals surface area contributed by atoms with Crippen LogP contribution in [-0.4, -0.2) is 28.2 Å². The van der Waals surface area contributed by atoms with Crippen molar-refractivity contribution in [2.45, 2.75) is 25.7 Å². The molecule has 1 heterocycles. The average Bonchev–Trinajstić information content (AvgIpc) is 3.48. The summed E-state index contributed by atoms with van der Waals surface area (Å²) in [4.78, 5) is 44.0. The summed E-state index contributed by atoms with van der Waals surface area (Å²) in [5.41, 5.74) is 0.767. The molecule has 1 saturated heterocycles. The van der Waals surface area contributed by atoms with Gasteiger partial charge in [-0.25, -0.2) is 0 Å². The molecule has 0 aromatic heterocycles. The highest BCUT2D eigenvalue weighted by atomic mass is 32.2. The molecule has 4 rings (SSSR count). The molecular weight excluding hydrogens is 358 g/mol. The summed E-state index contributed by atoms with van der Waals surface area (Å²) in [7, 11) is 0. The van der Waals surface area contributed by atoms with Crippen molar-refractivity contribution in [2.75, 3.05) is 0 Å². The maximum Gasteiger partial charge on any atom is 0.314 e. The van der Waals surface area contributed by atoms with Crippen LogP contribution in [0, 0.1) is 11.8 Å². The maximum absolute atomic E-state index is 11.5. The molecule has 3 fully saturated rings. The Morgan fingerprint density at radius 3 is 2.12 bits per heavy atom. The number of carbonyl (C=O) groups is 4. The van der Waals surface area contributed by atoms with Crippen LogP contribution in [0.15, 0.2) is 29.2 Å².